The summed E-state index contributed by atoms with van der Waals surface area (Å²) in [6, 6.07) is 6.67. The Hall–Kier alpha value is -1.51. The molecule has 1 unspecified atom stereocenters. The van der Waals surface area contributed by atoms with Gasteiger partial charge < -0.3 is 10.1 Å². The molecule has 1 heterocycles. The van der Waals surface area contributed by atoms with E-state index < -0.39 is 0 Å². The summed E-state index contributed by atoms with van der Waals surface area (Å²) in [5.74, 6) is -0.219. The highest BCUT2D eigenvalue weighted by Crippen LogP contribution is 2.15. The number of anilines is 1. The van der Waals surface area contributed by atoms with Crippen molar-refractivity contribution in [2.45, 2.75) is 18.9 Å². The van der Waals surface area contributed by atoms with Crippen LogP contribution in [0.2, 0.25) is 0 Å². The Kier molecular flexibility index (Phi) is 3.22. The molecule has 0 aromatic heterocycles. The lowest BCUT2D eigenvalue weighted by molar-refractivity contribution is 0.135. The third-order valence-corrected chi connectivity index (χ3v) is 2.42. The largest absolute Gasteiger partial charge is 0.497 e. The molecule has 1 aliphatic rings. The lowest BCUT2D eigenvalue weighted by atomic mass is 10.1. The van der Waals surface area contributed by atoms with E-state index in [0.717, 1.165) is 12.8 Å². The van der Waals surface area contributed by atoms with Crippen LogP contribution in [0.15, 0.2) is 36.6 Å². The molecule has 0 fully saturated rings. The SMILES string of the molecule is Fc1ccccc1NCC1CCC=CO1. The molecule has 0 saturated carbocycles. The number of halogens is 1. The summed E-state index contributed by atoms with van der Waals surface area (Å²) in [4.78, 5) is 0. The molecule has 1 atom stereocenters. The zero-order valence-corrected chi connectivity index (χ0v) is 8.45. The van der Waals surface area contributed by atoms with Gasteiger partial charge in [0.1, 0.15) is 11.9 Å². The molecule has 0 bridgehead atoms. The summed E-state index contributed by atoms with van der Waals surface area (Å²) < 4.78 is 18.6. The van der Waals surface area contributed by atoms with Crippen molar-refractivity contribution in [3.63, 3.8) is 0 Å². The Morgan fingerprint density at radius 3 is 3.00 bits per heavy atom. The summed E-state index contributed by atoms with van der Waals surface area (Å²) in [5.41, 5.74) is 0.538. The third-order valence-electron chi connectivity index (χ3n) is 2.42. The number of para-hydroxylation sites is 1. The Morgan fingerprint density at radius 2 is 2.27 bits per heavy atom. The number of nitrogens with one attached hydrogen (secondary N) is 1. The standard InChI is InChI=1S/C12H14FNO/c13-11-6-1-2-7-12(11)14-9-10-5-3-4-8-15-10/h1-2,4,6-8,10,14H,3,5,9H2. The van der Waals surface area contributed by atoms with Gasteiger partial charge in [-0.3, -0.25) is 0 Å². The first kappa shape index (κ1) is 10.0. The van der Waals surface area contributed by atoms with Crippen molar-refractivity contribution < 1.29 is 9.13 Å². The van der Waals surface area contributed by atoms with Crippen LogP contribution in [-0.4, -0.2) is 12.6 Å². The fourth-order valence-electron chi connectivity index (χ4n) is 1.56. The third kappa shape index (κ3) is 2.72. The van der Waals surface area contributed by atoms with Crippen LogP contribution in [-0.2, 0) is 4.74 Å². The maximum absolute atomic E-state index is 13.2. The molecule has 0 spiro atoms. The first-order chi connectivity index (χ1) is 7.36. The maximum atomic E-state index is 13.2. The minimum atomic E-state index is -0.219. The van der Waals surface area contributed by atoms with Gasteiger partial charge >= 0.3 is 0 Å². The molecule has 0 radical (unpaired) electrons. The number of benzene rings is 1. The van der Waals surface area contributed by atoms with Crippen LogP contribution in [0.3, 0.4) is 0 Å². The van der Waals surface area contributed by atoms with E-state index in [-0.39, 0.29) is 11.9 Å². The van der Waals surface area contributed by atoms with E-state index >= 15 is 0 Å². The molecule has 2 rings (SSSR count). The number of hydrogen-bond donors (Lipinski definition) is 1. The topological polar surface area (TPSA) is 21.3 Å². The molecular weight excluding hydrogens is 193 g/mol. The Morgan fingerprint density at radius 1 is 1.40 bits per heavy atom. The molecule has 15 heavy (non-hydrogen) atoms. The lowest BCUT2D eigenvalue weighted by Crippen LogP contribution is -2.23. The van der Waals surface area contributed by atoms with Crippen LogP contribution in [0, 0.1) is 5.82 Å². The first-order valence-electron chi connectivity index (χ1n) is 5.15. The number of ether oxygens (including phenoxy) is 1. The van der Waals surface area contributed by atoms with Gasteiger partial charge in [0.15, 0.2) is 0 Å². The van der Waals surface area contributed by atoms with Crippen LogP contribution >= 0.6 is 0 Å². The highest BCUT2D eigenvalue weighted by molar-refractivity contribution is 5.44. The molecule has 1 aliphatic heterocycles. The average Bonchev–Trinajstić information content (AvgIpc) is 2.29. The van der Waals surface area contributed by atoms with Gasteiger partial charge in [-0.25, -0.2) is 4.39 Å². The van der Waals surface area contributed by atoms with Crippen molar-refractivity contribution >= 4 is 5.69 Å². The monoisotopic (exact) mass is 207 g/mol. The van der Waals surface area contributed by atoms with Crippen molar-refractivity contribution in [3.8, 4) is 0 Å². The van der Waals surface area contributed by atoms with Gasteiger partial charge in [-0.2, -0.15) is 0 Å². The number of hydrogen-bond acceptors (Lipinski definition) is 2. The van der Waals surface area contributed by atoms with Crippen molar-refractivity contribution in [2.24, 2.45) is 0 Å². The Balaban J connectivity index is 1.87. The summed E-state index contributed by atoms with van der Waals surface area (Å²) in [6.45, 7) is 0.644. The van der Waals surface area contributed by atoms with Gasteiger partial charge in [0.05, 0.1) is 18.5 Å². The maximum Gasteiger partial charge on any atom is 0.146 e. The highest BCUT2D eigenvalue weighted by atomic mass is 19.1. The smallest absolute Gasteiger partial charge is 0.146 e. The molecule has 0 saturated heterocycles. The fraction of sp³-hybridized carbons (Fsp3) is 0.333. The fourth-order valence-corrected chi connectivity index (χ4v) is 1.56. The molecule has 0 amide bonds. The van der Waals surface area contributed by atoms with E-state index in [9.17, 15) is 4.39 Å². The van der Waals surface area contributed by atoms with Gasteiger partial charge in [-0.05, 0) is 31.1 Å². The summed E-state index contributed by atoms with van der Waals surface area (Å²) >= 11 is 0. The zero-order chi connectivity index (χ0) is 10.5. The summed E-state index contributed by atoms with van der Waals surface area (Å²) in [7, 11) is 0. The van der Waals surface area contributed by atoms with E-state index in [1.54, 1.807) is 18.4 Å². The first-order valence-corrected chi connectivity index (χ1v) is 5.15. The van der Waals surface area contributed by atoms with Gasteiger partial charge in [0, 0.05) is 0 Å². The Labute approximate surface area is 88.8 Å². The van der Waals surface area contributed by atoms with Gasteiger partial charge in [-0.1, -0.05) is 12.1 Å². The normalized spacial score (nSPS) is 19.7. The van der Waals surface area contributed by atoms with Gasteiger partial charge in [0.25, 0.3) is 0 Å². The molecular formula is C12H14FNO. The van der Waals surface area contributed by atoms with Gasteiger partial charge in [-0.15, -0.1) is 0 Å². The molecule has 1 aromatic carbocycles. The minimum absolute atomic E-state index is 0.148. The van der Waals surface area contributed by atoms with E-state index in [1.165, 1.54) is 6.07 Å². The van der Waals surface area contributed by atoms with Crippen LogP contribution in [0.1, 0.15) is 12.8 Å². The van der Waals surface area contributed by atoms with Crippen molar-refractivity contribution in [3.05, 3.63) is 42.4 Å². The number of rotatable bonds is 3. The lowest BCUT2D eigenvalue weighted by Gasteiger charge is -2.20. The average molecular weight is 207 g/mol. The summed E-state index contributed by atoms with van der Waals surface area (Å²) in [6.07, 6.45) is 5.88. The van der Waals surface area contributed by atoms with Crippen LogP contribution in [0.5, 0.6) is 0 Å². The second-order valence-electron chi connectivity index (χ2n) is 3.57. The summed E-state index contributed by atoms with van der Waals surface area (Å²) in [5, 5.41) is 3.05. The minimum Gasteiger partial charge on any atom is -0.497 e. The van der Waals surface area contributed by atoms with E-state index in [1.807, 2.05) is 12.1 Å². The van der Waals surface area contributed by atoms with Crippen LogP contribution in [0.4, 0.5) is 10.1 Å². The van der Waals surface area contributed by atoms with Crippen LogP contribution in [0.25, 0.3) is 0 Å². The van der Waals surface area contributed by atoms with Gasteiger partial charge in [0.2, 0.25) is 0 Å². The number of allylic oxidation sites excluding steroid dienone is 1. The second-order valence-corrected chi connectivity index (χ2v) is 3.57. The van der Waals surface area contributed by atoms with E-state index in [4.69, 9.17) is 4.74 Å². The molecule has 1 N–H and O–H groups in total. The van der Waals surface area contributed by atoms with E-state index in [2.05, 4.69) is 5.32 Å². The van der Waals surface area contributed by atoms with Crippen molar-refractivity contribution in [1.29, 1.82) is 0 Å². The Bertz CT molecular complexity index is 351. The molecule has 2 nitrogen and oxygen atoms in total. The highest BCUT2D eigenvalue weighted by Gasteiger charge is 2.11. The predicted octanol–water partition coefficient (Wildman–Crippen LogP) is 2.93. The van der Waals surface area contributed by atoms with Crippen molar-refractivity contribution in [1.82, 2.24) is 0 Å². The van der Waals surface area contributed by atoms with E-state index in [0.29, 0.717) is 12.2 Å². The molecule has 80 valence electrons. The molecule has 3 heteroatoms. The zero-order valence-electron chi connectivity index (χ0n) is 8.45. The predicted molar refractivity (Wildman–Crippen MR) is 58.1 cm³/mol. The van der Waals surface area contributed by atoms with Crippen molar-refractivity contribution in [2.75, 3.05) is 11.9 Å². The molecule has 1 aromatic rings. The quantitative estimate of drug-likeness (QED) is 0.822. The molecule has 0 aliphatic carbocycles. The van der Waals surface area contributed by atoms with Crippen LogP contribution < -0.4 is 5.32 Å². The second kappa shape index (κ2) is 4.82.